The molecule has 0 saturated carbocycles. The standard InChI is InChI=1S/C20H28N2O2/c23-19-13-7-11-17-21(19)15-9-5-3-1-2-4-6-10-16-22-18-12-8-14-20(22)24/h7-8,11-14,17-18H,1-6,9-10,15-16H2. The number of aromatic nitrogens is 2. The smallest absolute Gasteiger partial charge is 0.250 e. The third-order valence-electron chi connectivity index (χ3n) is 4.35. The Bertz CT molecular complexity index is 641. The summed E-state index contributed by atoms with van der Waals surface area (Å²) >= 11 is 0. The molecule has 0 saturated heterocycles. The van der Waals surface area contributed by atoms with E-state index in [1.165, 1.54) is 38.5 Å². The van der Waals surface area contributed by atoms with Gasteiger partial charge in [-0.05, 0) is 25.0 Å². The van der Waals surface area contributed by atoms with Gasteiger partial charge in [0.25, 0.3) is 0 Å². The molecule has 4 heteroatoms. The van der Waals surface area contributed by atoms with Crippen LogP contribution in [-0.2, 0) is 13.1 Å². The van der Waals surface area contributed by atoms with Crippen LogP contribution in [0.15, 0.2) is 58.4 Å². The van der Waals surface area contributed by atoms with E-state index in [1.54, 1.807) is 33.4 Å². The van der Waals surface area contributed by atoms with Crippen molar-refractivity contribution in [3.8, 4) is 0 Å². The molecule has 0 unspecified atom stereocenters. The fourth-order valence-corrected chi connectivity index (χ4v) is 2.92. The molecule has 0 fully saturated rings. The van der Waals surface area contributed by atoms with Crippen LogP contribution in [-0.4, -0.2) is 9.13 Å². The van der Waals surface area contributed by atoms with E-state index >= 15 is 0 Å². The van der Waals surface area contributed by atoms with Crippen LogP contribution >= 0.6 is 0 Å². The Morgan fingerprint density at radius 3 is 1.29 bits per heavy atom. The summed E-state index contributed by atoms with van der Waals surface area (Å²) in [7, 11) is 0. The Balaban J connectivity index is 1.45. The second-order valence-electron chi connectivity index (χ2n) is 6.29. The van der Waals surface area contributed by atoms with E-state index < -0.39 is 0 Å². The first-order valence-corrected chi connectivity index (χ1v) is 9.08. The molecule has 0 bridgehead atoms. The topological polar surface area (TPSA) is 44.0 Å². The highest BCUT2D eigenvalue weighted by atomic mass is 16.1. The van der Waals surface area contributed by atoms with Crippen LogP contribution in [0.25, 0.3) is 0 Å². The van der Waals surface area contributed by atoms with Crippen LogP contribution in [0.2, 0.25) is 0 Å². The molecule has 0 aliphatic rings. The second kappa shape index (κ2) is 10.6. The lowest BCUT2D eigenvalue weighted by Crippen LogP contribution is -2.17. The zero-order valence-electron chi connectivity index (χ0n) is 14.4. The predicted molar refractivity (Wildman–Crippen MR) is 98.3 cm³/mol. The molecule has 0 atom stereocenters. The normalized spacial score (nSPS) is 10.8. The molecule has 0 aromatic carbocycles. The molecule has 2 aromatic heterocycles. The van der Waals surface area contributed by atoms with Crippen LogP contribution in [0.1, 0.15) is 51.4 Å². The van der Waals surface area contributed by atoms with Crippen molar-refractivity contribution in [3.05, 3.63) is 69.5 Å². The number of nitrogens with zero attached hydrogens (tertiary/aromatic N) is 2. The minimum atomic E-state index is 0.0926. The van der Waals surface area contributed by atoms with Gasteiger partial charge >= 0.3 is 0 Å². The van der Waals surface area contributed by atoms with Gasteiger partial charge in [0.05, 0.1) is 0 Å². The molecule has 24 heavy (non-hydrogen) atoms. The SMILES string of the molecule is O=c1ccccn1CCCCCCCCCCn1ccccc1=O. The van der Waals surface area contributed by atoms with Gasteiger partial charge in [0.2, 0.25) is 11.1 Å². The van der Waals surface area contributed by atoms with E-state index in [-0.39, 0.29) is 11.1 Å². The maximum atomic E-state index is 11.6. The van der Waals surface area contributed by atoms with Gasteiger partial charge in [-0.2, -0.15) is 0 Å². The van der Waals surface area contributed by atoms with Gasteiger partial charge in [-0.1, -0.05) is 50.7 Å². The Labute approximate surface area is 143 Å². The molecular formula is C20H28N2O2. The van der Waals surface area contributed by atoms with Crippen LogP contribution in [0.3, 0.4) is 0 Å². The average molecular weight is 328 g/mol. The molecule has 0 aliphatic heterocycles. The van der Waals surface area contributed by atoms with Crippen LogP contribution < -0.4 is 11.1 Å². The molecule has 0 radical (unpaired) electrons. The number of aryl methyl sites for hydroxylation is 2. The molecule has 2 heterocycles. The summed E-state index contributed by atoms with van der Waals surface area (Å²) in [5, 5.41) is 0. The molecule has 0 aliphatic carbocycles. The summed E-state index contributed by atoms with van der Waals surface area (Å²) in [6, 6.07) is 10.6. The van der Waals surface area contributed by atoms with Gasteiger partial charge in [0.15, 0.2) is 0 Å². The van der Waals surface area contributed by atoms with Gasteiger partial charge in [0, 0.05) is 37.6 Å². The number of hydrogen-bond donors (Lipinski definition) is 0. The summed E-state index contributed by atoms with van der Waals surface area (Å²) in [6.45, 7) is 1.65. The molecular weight excluding hydrogens is 300 g/mol. The summed E-state index contributed by atoms with van der Waals surface area (Å²) in [5.74, 6) is 0. The van der Waals surface area contributed by atoms with E-state index in [9.17, 15) is 9.59 Å². The first-order chi connectivity index (χ1) is 11.8. The lowest BCUT2D eigenvalue weighted by Gasteiger charge is -2.06. The predicted octanol–water partition coefficient (Wildman–Crippen LogP) is 3.83. The van der Waals surface area contributed by atoms with Gasteiger partial charge < -0.3 is 9.13 Å². The van der Waals surface area contributed by atoms with E-state index in [0.717, 1.165) is 25.9 Å². The van der Waals surface area contributed by atoms with Crippen molar-refractivity contribution in [3.63, 3.8) is 0 Å². The minimum Gasteiger partial charge on any atom is -0.316 e. The Hall–Kier alpha value is -2.10. The van der Waals surface area contributed by atoms with Crippen LogP contribution in [0.4, 0.5) is 0 Å². The first kappa shape index (κ1) is 18.2. The zero-order chi connectivity index (χ0) is 17.0. The fourth-order valence-electron chi connectivity index (χ4n) is 2.92. The highest BCUT2D eigenvalue weighted by molar-refractivity contribution is 4.93. The quantitative estimate of drug-likeness (QED) is 0.588. The maximum absolute atomic E-state index is 11.6. The second-order valence-corrected chi connectivity index (χ2v) is 6.29. The van der Waals surface area contributed by atoms with Crippen molar-refractivity contribution in [2.45, 2.75) is 64.5 Å². The Kier molecular flexibility index (Phi) is 8.08. The van der Waals surface area contributed by atoms with Gasteiger partial charge in [0.1, 0.15) is 0 Å². The molecule has 4 nitrogen and oxygen atoms in total. The molecule has 0 N–H and O–H groups in total. The van der Waals surface area contributed by atoms with Crippen LogP contribution in [0, 0.1) is 0 Å². The lowest BCUT2D eigenvalue weighted by molar-refractivity contribution is 0.519. The zero-order valence-corrected chi connectivity index (χ0v) is 14.4. The van der Waals surface area contributed by atoms with Gasteiger partial charge in [-0.15, -0.1) is 0 Å². The third-order valence-corrected chi connectivity index (χ3v) is 4.35. The van der Waals surface area contributed by atoms with Gasteiger partial charge in [-0.3, -0.25) is 9.59 Å². The summed E-state index contributed by atoms with van der Waals surface area (Å²) < 4.78 is 3.57. The first-order valence-electron chi connectivity index (χ1n) is 9.08. The van der Waals surface area contributed by atoms with Crippen molar-refractivity contribution in [2.24, 2.45) is 0 Å². The Morgan fingerprint density at radius 2 is 0.917 bits per heavy atom. The fraction of sp³-hybridized carbons (Fsp3) is 0.500. The van der Waals surface area contributed by atoms with E-state index in [1.807, 2.05) is 24.5 Å². The van der Waals surface area contributed by atoms with Gasteiger partial charge in [-0.25, -0.2) is 0 Å². The van der Waals surface area contributed by atoms with Crippen molar-refractivity contribution >= 4 is 0 Å². The Morgan fingerprint density at radius 1 is 0.542 bits per heavy atom. The van der Waals surface area contributed by atoms with Crippen molar-refractivity contribution in [1.82, 2.24) is 9.13 Å². The molecule has 2 rings (SSSR count). The highest BCUT2D eigenvalue weighted by Gasteiger charge is 1.96. The van der Waals surface area contributed by atoms with E-state index in [0.29, 0.717) is 0 Å². The highest BCUT2D eigenvalue weighted by Crippen LogP contribution is 2.09. The van der Waals surface area contributed by atoms with E-state index in [2.05, 4.69) is 0 Å². The molecule has 0 amide bonds. The molecule has 130 valence electrons. The monoisotopic (exact) mass is 328 g/mol. The number of unbranched alkanes of at least 4 members (excludes halogenated alkanes) is 7. The lowest BCUT2D eigenvalue weighted by atomic mass is 10.1. The molecule has 0 spiro atoms. The largest absolute Gasteiger partial charge is 0.316 e. The third kappa shape index (κ3) is 6.57. The summed E-state index contributed by atoms with van der Waals surface area (Å²) in [6.07, 6.45) is 13.2. The number of pyridine rings is 2. The van der Waals surface area contributed by atoms with Crippen molar-refractivity contribution in [2.75, 3.05) is 0 Å². The number of hydrogen-bond acceptors (Lipinski definition) is 2. The molecule has 2 aromatic rings. The summed E-state index contributed by atoms with van der Waals surface area (Å²) in [5.41, 5.74) is 0.185. The maximum Gasteiger partial charge on any atom is 0.250 e. The van der Waals surface area contributed by atoms with Crippen molar-refractivity contribution in [1.29, 1.82) is 0 Å². The average Bonchev–Trinajstić information content (AvgIpc) is 2.59. The minimum absolute atomic E-state index is 0.0926. The van der Waals surface area contributed by atoms with E-state index in [4.69, 9.17) is 0 Å². The van der Waals surface area contributed by atoms with Crippen LogP contribution in [0.5, 0.6) is 0 Å². The number of rotatable bonds is 11. The summed E-state index contributed by atoms with van der Waals surface area (Å²) in [4.78, 5) is 23.1. The van der Waals surface area contributed by atoms with Crippen molar-refractivity contribution < 1.29 is 0 Å².